The van der Waals surface area contributed by atoms with Gasteiger partial charge in [0.15, 0.2) is 0 Å². The van der Waals surface area contributed by atoms with Crippen LogP contribution in [0.15, 0.2) is 85.7 Å². The molecular weight excluding hydrogens is 394 g/mol. The maximum atomic E-state index is 12.6. The van der Waals surface area contributed by atoms with Crippen LogP contribution in [-0.2, 0) is 6.61 Å². The maximum absolute atomic E-state index is 12.6. The van der Waals surface area contributed by atoms with E-state index in [0.29, 0.717) is 17.0 Å². The van der Waals surface area contributed by atoms with Crippen molar-refractivity contribution >= 4 is 17.5 Å². The summed E-state index contributed by atoms with van der Waals surface area (Å²) in [6, 6.07) is 16.1. The van der Waals surface area contributed by atoms with E-state index in [1.165, 1.54) is 18.5 Å². The van der Waals surface area contributed by atoms with Gasteiger partial charge < -0.3 is 20.4 Å². The van der Waals surface area contributed by atoms with E-state index in [0.717, 1.165) is 11.3 Å². The predicted molar refractivity (Wildman–Crippen MR) is 115 cm³/mol. The number of rotatable bonds is 7. The predicted octanol–water partition coefficient (Wildman–Crippen LogP) is 3.20. The number of carbonyl (C=O) groups is 2. The van der Waals surface area contributed by atoms with Crippen molar-refractivity contribution in [3.8, 4) is 11.4 Å². The molecule has 0 aliphatic carbocycles. The number of aromatic nitrogens is 3. The van der Waals surface area contributed by atoms with E-state index in [2.05, 4.69) is 15.3 Å². The van der Waals surface area contributed by atoms with Crippen LogP contribution < -0.4 is 15.8 Å². The third-order valence-electron chi connectivity index (χ3n) is 4.52. The van der Waals surface area contributed by atoms with Crippen molar-refractivity contribution < 1.29 is 14.3 Å². The second-order valence-corrected chi connectivity index (χ2v) is 6.73. The number of ether oxygens (including phenoxy) is 1. The van der Waals surface area contributed by atoms with Crippen LogP contribution in [0.4, 0.5) is 5.69 Å². The van der Waals surface area contributed by atoms with Crippen molar-refractivity contribution in [1.29, 1.82) is 0 Å². The number of nitrogens with one attached hydrogen (secondary N) is 1. The van der Waals surface area contributed by atoms with Crippen LogP contribution in [0.3, 0.4) is 0 Å². The molecule has 0 spiro atoms. The Balaban J connectivity index is 1.39. The molecule has 0 fully saturated rings. The molecular formula is C23H19N5O3. The Labute approximate surface area is 178 Å². The summed E-state index contributed by atoms with van der Waals surface area (Å²) in [4.78, 5) is 31.8. The number of pyridine rings is 1. The molecule has 0 aliphatic rings. The number of nitrogens with two attached hydrogens (primary N) is 1. The first-order chi connectivity index (χ1) is 15.1. The van der Waals surface area contributed by atoms with Gasteiger partial charge in [0, 0.05) is 35.5 Å². The fraction of sp³-hybridized carbons (Fsp3) is 0.0435. The Kier molecular flexibility index (Phi) is 5.70. The van der Waals surface area contributed by atoms with E-state index in [9.17, 15) is 9.59 Å². The SMILES string of the molecule is NC(=O)c1cncc(OCc2cccc(NC(=O)c3ccc(-n4ccnc4)cc3)c2)c1. The van der Waals surface area contributed by atoms with Crippen molar-refractivity contribution in [3.63, 3.8) is 0 Å². The molecule has 4 rings (SSSR count). The highest BCUT2D eigenvalue weighted by atomic mass is 16.5. The van der Waals surface area contributed by atoms with E-state index < -0.39 is 5.91 Å². The van der Waals surface area contributed by atoms with Crippen LogP contribution in [0.1, 0.15) is 26.3 Å². The third-order valence-corrected chi connectivity index (χ3v) is 4.52. The average Bonchev–Trinajstić information content (AvgIpc) is 3.33. The lowest BCUT2D eigenvalue weighted by Gasteiger charge is -2.10. The minimum Gasteiger partial charge on any atom is -0.487 e. The highest BCUT2D eigenvalue weighted by Crippen LogP contribution is 2.17. The first-order valence-electron chi connectivity index (χ1n) is 9.45. The molecule has 2 aromatic carbocycles. The standard InChI is InChI=1S/C23H19N5O3/c24-22(29)18-11-21(13-26-12-18)31-14-16-2-1-3-19(10-16)27-23(30)17-4-6-20(7-5-17)28-9-8-25-15-28/h1-13,15H,14H2,(H2,24,29)(H,27,30). The van der Waals surface area contributed by atoms with Gasteiger partial charge in [0.1, 0.15) is 12.4 Å². The summed E-state index contributed by atoms with van der Waals surface area (Å²) in [7, 11) is 0. The highest BCUT2D eigenvalue weighted by Gasteiger charge is 2.08. The van der Waals surface area contributed by atoms with E-state index in [1.807, 2.05) is 41.1 Å². The number of amides is 2. The first-order valence-corrected chi connectivity index (χ1v) is 9.45. The first kappa shape index (κ1) is 19.8. The van der Waals surface area contributed by atoms with Crippen molar-refractivity contribution in [2.45, 2.75) is 6.61 Å². The van der Waals surface area contributed by atoms with Crippen LogP contribution >= 0.6 is 0 Å². The molecule has 8 nitrogen and oxygen atoms in total. The van der Waals surface area contributed by atoms with Gasteiger partial charge in [-0.2, -0.15) is 0 Å². The highest BCUT2D eigenvalue weighted by molar-refractivity contribution is 6.04. The number of hydrogen-bond donors (Lipinski definition) is 2. The summed E-state index contributed by atoms with van der Waals surface area (Å²) in [5, 5.41) is 2.89. The number of anilines is 1. The van der Waals surface area contributed by atoms with Gasteiger partial charge in [0.2, 0.25) is 5.91 Å². The third kappa shape index (κ3) is 4.94. The molecule has 0 atom stereocenters. The minimum atomic E-state index is -0.569. The zero-order valence-electron chi connectivity index (χ0n) is 16.4. The second kappa shape index (κ2) is 8.91. The second-order valence-electron chi connectivity index (χ2n) is 6.73. The van der Waals surface area contributed by atoms with Crippen molar-refractivity contribution in [1.82, 2.24) is 14.5 Å². The van der Waals surface area contributed by atoms with Gasteiger partial charge in [-0.1, -0.05) is 12.1 Å². The number of imidazole rings is 1. The summed E-state index contributed by atoms with van der Waals surface area (Å²) >= 11 is 0. The summed E-state index contributed by atoms with van der Waals surface area (Å²) in [5.74, 6) is -0.349. The van der Waals surface area contributed by atoms with Crippen LogP contribution in [0.5, 0.6) is 5.75 Å². The van der Waals surface area contributed by atoms with E-state index >= 15 is 0 Å². The van der Waals surface area contributed by atoms with Gasteiger partial charge in [0.25, 0.3) is 5.91 Å². The van der Waals surface area contributed by atoms with Gasteiger partial charge >= 0.3 is 0 Å². The van der Waals surface area contributed by atoms with Gasteiger partial charge in [-0.25, -0.2) is 4.98 Å². The molecule has 0 bridgehead atoms. The summed E-state index contributed by atoms with van der Waals surface area (Å²) in [5.41, 5.74) is 8.49. The number of carbonyl (C=O) groups excluding carboxylic acids is 2. The summed E-state index contributed by atoms with van der Waals surface area (Å²) < 4.78 is 7.55. The van der Waals surface area contributed by atoms with Gasteiger partial charge in [-0.05, 0) is 48.0 Å². The molecule has 2 amide bonds. The average molecular weight is 413 g/mol. The Morgan fingerprint density at radius 1 is 1.00 bits per heavy atom. The number of primary amides is 1. The van der Waals surface area contributed by atoms with Crippen LogP contribution in [-0.4, -0.2) is 26.3 Å². The normalized spacial score (nSPS) is 10.5. The Hall–Kier alpha value is -4.46. The molecule has 3 N–H and O–H groups in total. The zero-order valence-corrected chi connectivity index (χ0v) is 16.4. The molecule has 2 heterocycles. The van der Waals surface area contributed by atoms with Crippen molar-refractivity contribution in [2.75, 3.05) is 5.32 Å². The quantitative estimate of drug-likeness (QED) is 0.483. The molecule has 0 saturated heterocycles. The van der Waals surface area contributed by atoms with Gasteiger partial charge in [-0.3, -0.25) is 14.6 Å². The van der Waals surface area contributed by atoms with Crippen molar-refractivity contribution in [2.24, 2.45) is 5.73 Å². The van der Waals surface area contributed by atoms with Crippen LogP contribution in [0.2, 0.25) is 0 Å². The Morgan fingerprint density at radius 3 is 2.58 bits per heavy atom. The monoisotopic (exact) mass is 413 g/mol. The van der Waals surface area contributed by atoms with E-state index in [1.54, 1.807) is 30.7 Å². The molecule has 31 heavy (non-hydrogen) atoms. The minimum absolute atomic E-state index is 0.214. The fourth-order valence-electron chi connectivity index (χ4n) is 2.94. The summed E-state index contributed by atoms with van der Waals surface area (Å²) in [6.45, 7) is 0.243. The lowest BCUT2D eigenvalue weighted by molar-refractivity contribution is 0.0997. The molecule has 0 unspecified atom stereocenters. The van der Waals surface area contributed by atoms with Crippen molar-refractivity contribution in [3.05, 3.63) is 102 Å². The molecule has 154 valence electrons. The summed E-state index contributed by atoms with van der Waals surface area (Å²) in [6.07, 6.45) is 8.12. The van der Waals surface area contributed by atoms with Gasteiger partial charge in [0.05, 0.1) is 18.1 Å². The number of hydrogen-bond acceptors (Lipinski definition) is 5. The number of benzene rings is 2. The molecule has 8 heteroatoms. The lowest BCUT2D eigenvalue weighted by atomic mass is 10.1. The van der Waals surface area contributed by atoms with Gasteiger partial charge in [-0.15, -0.1) is 0 Å². The fourth-order valence-corrected chi connectivity index (χ4v) is 2.94. The lowest BCUT2D eigenvalue weighted by Crippen LogP contribution is -2.12. The number of nitrogens with zero attached hydrogens (tertiary/aromatic N) is 3. The molecule has 2 aromatic heterocycles. The Morgan fingerprint density at radius 2 is 1.84 bits per heavy atom. The zero-order chi connectivity index (χ0) is 21.6. The van der Waals surface area contributed by atoms with Crippen LogP contribution in [0, 0.1) is 0 Å². The topological polar surface area (TPSA) is 112 Å². The Bertz CT molecular complexity index is 1200. The van der Waals surface area contributed by atoms with Crippen LogP contribution in [0.25, 0.3) is 5.69 Å². The molecule has 0 radical (unpaired) electrons. The largest absolute Gasteiger partial charge is 0.487 e. The maximum Gasteiger partial charge on any atom is 0.255 e. The molecule has 4 aromatic rings. The smallest absolute Gasteiger partial charge is 0.255 e. The van der Waals surface area contributed by atoms with E-state index in [4.69, 9.17) is 10.5 Å². The molecule has 0 saturated carbocycles. The molecule has 0 aliphatic heterocycles. The van der Waals surface area contributed by atoms with E-state index in [-0.39, 0.29) is 18.1 Å².